The van der Waals surface area contributed by atoms with Crippen LogP contribution in [0.5, 0.6) is 0 Å². The molecule has 0 radical (unpaired) electrons. The first-order valence-corrected chi connectivity index (χ1v) is 7.12. The van der Waals surface area contributed by atoms with Crippen LogP contribution in [-0.4, -0.2) is 6.54 Å². The summed E-state index contributed by atoms with van der Waals surface area (Å²) in [6.45, 7) is 1.53. The summed E-state index contributed by atoms with van der Waals surface area (Å²) in [4.78, 5) is 1.16. The van der Waals surface area contributed by atoms with E-state index in [1.165, 1.54) is 0 Å². The van der Waals surface area contributed by atoms with E-state index < -0.39 is 0 Å². The molecule has 1 aromatic carbocycles. The van der Waals surface area contributed by atoms with Crippen LogP contribution in [0.4, 0.5) is 0 Å². The Morgan fingerprint density at radius 3 is 2.95 bits per heavy atom. The van der Waals surface area contributed by atoms with E-state index in [-0.39, 0.29) is 0 Å². The Balaban J connectivity index is 1.84. The predicted octanol–water partition coefficient (Wildman–Crippen LogP) is 3.43. The molecule has 0 atom stereocenters. The maximum Gasteiger partial charge on any atom is 0.0814 e. The molecule has 0 bridgehead atoms. The van der Waals surface area contributed by atoms with Crippen molar-refractivity contribution in [2.45, 2.75) is 13.2 Å². The Labute approximate surface area is 122 Å². The fraction of sp³-hybridized carbons (Fsp3) is 0.200. The van der Waals surface area contributed by atoms with Crippen molar-refractivity contribution in [1.29, 1.82) is 0 Å². The maximum atomic E-state index is 5.91. The first kappa shape index (κ1) is 14.1. The summed E-state index contributed by atoms with van der Waals surface area (Å²) in [5.41, 5.74) is 7.41. The van der Waals surface area contributed by atoms with Gasteiger partial charge in [0.2, 0.25) is 0 Å². The van der Waals surface area contributed by atoms with Crippen LogP contribution in [0.3, 0.4) is 0 Å². The Kier molecular flexibility index (Phi) is 5.44. The van der Waals surface area contributed by atoms with Crippen molar-refractivity contribution in [3.8, 4) is 11.8 Å². The summed E-state index contributed by atoms with van der Waals surface area (Å²) in [7, 11) is 0. The molecule has 0 aliphatic carbocycles. The molecule has 2 nitrogen and oxygen atoms in total. The largest absolute Gasteiger partial charge is 0.371 e. The minimum atomic E-state index is 0.385. The van der Waals surface area contributed by atoms with Crippen LogP contribution < -0.4 is 5.73 Å². The van der Waals surface area contributed by atoms with Gasteiger partial charge in [-0.1, -0.05) is 35.6 Å². The molecule has 1 aromatic heterocycles. The second kappa shape index (κ2) is 7.32. The Morgan fingerprint density at radius 1 is 1.26 bits per heavy atom. The summed E-state index contributed by atoms with van der Waals surface area (Å²) >= 11 is 7.56. The first-order chi connectivity index (χ1) is 9.28. The molecule has 0 amide bonds. The zero-order valence-corrected chi connectivity index (χ0v) is 11.9. The molecule has 2 aromatic rings. The van der Waals surface area contributed by atoms with Crippen LogP contribution in [0.15, 0.2) is 35.7 Å². The van der Waals surface area contributed by atoms with Crippen molar-refractivity contribution in [3.63, 3.8) is 0 Å². The van der Waals surface area contributed by atoms with Crippen LogP contribution >= 0.6 is 22.9 Å². The summed E-state index contributed by atoms with van der Waals surface area (Å²) in [6.07, 6.45) is 0. The molecular weight excluding hydrogens is 278 g/mol. The van der Waals surface area contributed by atoms with Gasteiger partial charge in [0.05, 0.1) is 19.8 Å². The van der Waals surface area contributed by atoms with E-state index in [9.17, 15) is 0 Å². The number of hydrogen-bond acceptors (Lipinski definition) is 3. The van der Waals surface area contributed by atoms with Crippen molar-refractivity contribution < 1.29 is 4.74 Å². The van der Waals surface area contributed by atoms with Gasteiger partial charge in [-0.2, -0.15) is 0 Å². The molecule has 0 spiro atoms. The lowest BCUT2D eigenvalue weighted by molar-refractivity contribution is 0.109. The zero-order valence-electron chi connectivity index (χ0n) is 10.4. The molecule has 0 aliphatic heterocycles. The average Bonchev–Trinajstić information content (AvgIpc) is 2.84. The van der Waals surface area contributed by atoms with Crippen LogP contribution in [0.2, 0.25) is 5.02 Å². The maximum absolute atomic E-state index is 5.91. The van der Waals surface area contributed by atoms with Gasteiger partial charge in [0.25, 0.3) is 0 Å². The van der Waals surface area contributed by atoms with E-state index in [0.717, 1.165) is 21.0 Å². The lowest BCUT2D eigenvalue weighted by Gasteiger charge is -2.03. The number of hydrogen-bond donors (Lipinski definition) is 1. The minimum absolute atomic E-state index is 0.385. The topological polar surface area (TPSA) is 35.2 Å². The normalized spacial score (nSPS) is 10.0. The third-order valence-electron chi connectivity index (χ3n) is 2.39. The zero-order chi connectivity index (χ0) is 13.5. The van der Waals surface area contributed by atoms with Crippen molar-refractivity contribution >= 4 is 22.9 Å². The van der Waals surface area contributed by atoms with Crippen molar-refractivity contribution in [2.75, 3.05) is 6.54 Å². The highest BCUT2D eigenvalue weighted by atomic mass is 35.5. The number of nitrogens with two attached hydrogens (primary N) is 1. The van der Waals surface area contributed by atoms with E-state index in [1.807, 2.05) is 35.7 Å². The highest BCUT2D eigenvalue weighted by Crippen LogP contribution is 2.16. The highest BCUT2D eigenvalue weighted by molar-refractivity contribution is 7.10. The number of thiophene rings is 1. The van der Waals surface area contributed by atoms with Gasteiger partial charge in [0.15, 0.2) is 0 Å². The fourth-order valence-electron chi connectivity index (χ4n) is 1.57. The molecule has 0 unspecified atom stereocenters. The molecule has 0 fully saturated rings. The molecule has 0 saturated heterocycles. The monoisotopic (exact) mass is 291 g/mol. The number of halogens is 1. The second-order valence-corrected chi connectivity index (χ2v) is 5.36. The van der Waals surface area contributed by atoms with Crippen LogP contribution in [-0.2, 0) is 18.0 Å². The third-order valence-corrected chi connectivity index (χ3v) is 3.54. The molecule has 98 valence electrons. The molecule has 0 aliphatic rings. The van der Waals surface area contributed by atoms with Crippen LogP contribution in [0.25, 0.3) is 0 Å². The standard InChI is InChI=1S/C15H14ClNOS/c16-14-5-1-3-12(7-14)9-18-10-15-8-13(11-19-15)4-2-6-17/h1,3,5,7-8,11H,6,9-10,17H2. The summed E-state index contributed by atoms with van der Waals surface area (Å²) in [5, 5.41) is 2.75. The van der Waals surface area contributed by atoms with Crippen LogP contribution in [0, 0.1) is 11.8 Å². The van der Waals surface area contributed by atoms with Gasteiger partial charge in [0.1, 0.15) is 0 Å². The summed E-state index contributed by atoms with van der Waals surface area (Å²) in [5.74, 6) is 5.84. The van der Waals surface area contributed by atoms with Gasteiger partial charge in [-0.05, 0) is 23.8 Å². The molecule has 2 rings (SSSR count). The van der Waals surface area contributed by atoms with Crippen LogP contribution in [0.1, 0.15) is 16.0 Å². The number of ether oxygens (including phenoxy) is 1. The lowest BCUT2D eigenvalue weighted by Crippen LogP contribution is -1.93. The summed E-state index contributed by atoms with van der Waals surface area (Å²) in [6, 6.07) is 9.72. The van der Waals surface area contributed by atoms with Crippen molar-refractivity contribution in [2.24, 2.45) is 5.73 Å². The molecule has 1 heterocycles. The number of rotatable bonds is 4. The van der Waals surface area contributed by atoms with Gasteiger partial charge in [0, 0.05) is 20.8 Å². The molecule has 2 N–H and O–H groups in total. The number of benzene rings is 1. The molecule has 4 heteroatoms. The minimum Gasteiger partial charge on any atom is -0.371 e. The second-order valence-electron chi connectivity index (χ2n) is 3.93. The Bertz CT molecular complexity index is 597. The molecule has 19 heavy (non-hydrogen) atoms. The Morgan fingerprint density at radius 2 is 2.16 bits per heavy atom. The smallest absolute Gasteiger partial charge is 0.0814 e. The quantitative estimate of drug-likeness (QED) is 0.876. The van der Waals surface area contributed by atoms with Gasteiger partial charge in [-0.25, -0.2) is 0 Å². The fourth-order valence-corrected chi connectivity index (χ4v) is 2.54. The van der Waals surface area contributed by atoms with Gasteiger partial charge < -0.3 is 10.5 Å². The average molecular weight is 292 g/mol. The Hall–Kier alpha value is -1.31. The van der Waals surface area contributed by atoms with Gasteiger partial charge >= 0.3 is 0 Å². The van der Waals surface area contributed by atoms with E-state index in [0.29, 0.717) is 19.8 Å². The van der Waals surface area contributed by atoms with E-state index in [4.69, 9.17) is 22.1 Å². The van der Waals surface area contributed by atoms with E-state index in [1.54, 1.807) is 11.3 Å². The molecule has 0 saturated carbocycles. The summed E-state index contributed by atoms with van der Waals surface area (Å²) < 4.78 is 5.66. The lowest BCUT2D eigenvalue weighted by atomic mass is 10.2. The highest BCUT2D eigenvalue weighted by Gasteiger charge is 1.99. The van der Waals surface area contributed by atoms with E-state index >= 15 is 0 Å². The van der Waals surface area contributed by atoms with Crippen molar-refractivity contribution in [1.82, 2.24) is 0 Å². The third kappa shape index (κ3) is 4.70. The SMILES string of the molecule is NCC#Cc1csc(COCc2cccc(Cl)c2)c1. The predicted molar refractivity (Wildman–Crippen MR) is 80.2 cm³/mol. The van der Waals surface area contributed by atoms with E-state index in [2.05, 4.69) is 11.8 Å². The molecular formula is C15H14ClNOS. The van der Waals surface area contributed by atoms with Gasteiger partial charge in [-0.3, -0.25) is 0 Å². The first-order valence-electron chi connectivity index (χ1n) is 5.86. The van der Waals surface area contributed by atoms with Crippen molar-refractivity contribution in [3.05, 3.63) is 56.7 Å². The van der Waals surface area contributed by atoms with Gasteiger partial charge in [-0.15, -0.1) is 11.3 Å².